The zero-order valence-corrected chi connectivity index (χ0v) is 18.4. The van der Waals surface area contributed by atoms with Gasteiger partial charge in [0.2, 0.25) is 0 Å². The Kier molecular flexibility index (Phi) is 5.82. The van der Waals surface area contributed by atoms with Gasteiger partial charge in [-0.2, -0.15) is 18.3 Å². The molecule has 4 rings (SSSR count). The van der Waals surface area contributed by atoms with Crippen LogP contribution in [0.4, 0.5) is 19.0 Å². The maximum atomic E-state index is 13.8. The Morgan fingerprint density at radius 3 is 2.70 bits per heavy atom. The molecule has 0 saturated carbocycles. The lowest BCUT2D eigenvalue weighted by Crippen LogP contribution is -2.35. The Labute approximate surface area is 187 Å². The summed E-state index contributed by atoms with van der Waals surface area (Å²) in [6.07, 6.45) is -4.72. The molecule has 5 nitrogen and oxygen atoms in total. The molecule has 2 aromatic heterocycles. The van der Waals surface area contributed by atoms with E-state index in [9.17, 15) is 18.0 Å². The number of nitrogens with one attached hydrogen (secondary N) is 2. The highest BCUT2D eigenvalue weighted by molar-refractivity contribution is 9.10. The minimum absolute atomic E-state index is 0.104. The number of nitrogens with zero attached hydrogens (tertiary/aromatic N) is 2. The SMILES string of the molecule is O=C(NCc1ccc(Cl)cc1)c1nn2c(c1Br)N[C@@H](c1cccs1)C[C@@H]2C(F)(F)F. The molecule has 158 valence electrons. The summed E-state index contributed by atoms with van der Waals surface area (Å²) in [6, 6.07) is 8.10. The van der Waals surface area contributed by atoms with Gasteiger partial charge in [-0.15, -0.1) is 11.3 Å². The summed E-state index contributed by atoms with van der Waals surface area (Å²) in [5.41, 5.74) is 0.699. The van der Waals surface area contributed by atoms with Crippen LogP contribution >= 0.6 is 38.9 Å². The summed E-state index contributed by atoms with van der Waals surface area (Å²) in [6.45, 7) is 0.193. The van der Waals surface area contributed by atoms with Crippen LogP contribution in [0.25, 0.3) is 0 Å². The van der Waals surface area contributed by atoms with E-state index >= 15 is 0 Å². The fourth-order valence-electron chi connectivity index (χ4n) is 3.28. The van der Waals surface area contributed by atoms with Crippen molar-refractivity contribution in [3.8, 4) is 0 Å². The van der Waals surface area contributed by atoms with Crippen molar-refractivity contribution in [1.82, 2.24) is 15.1 Å². The van der Waals surface area contributed by atoms with Crippen LogP contribution in [0.1, 0.15) is 39.4 Å². The van der Waals surface area contributed by atoms with E-state index in [2.05, 4.69) is 31.7 Å². The average Bonchev–Trinajstić information content (AvgIpc) is 3.34. The average molecular weight is 520 g/mol. The molecule has 1 aromatic carbocycles. The molecule has 3 aromatic rings. The van der Waals surface area contributed by atoms with E-state index in [1.165, 1.54) is 11.3 Å². The summed E-state index contributed by atoms with van der Waals surface area (Å²) in [7, 11) is 0. The van der Waals surface area contributed by atoms with E-state index in [1.54, 1.807) is 36.4 Å². The molecule has 0 bridgehead atoms. The summed E-state index contributed by atoms with van der Waals surface area (Å²) >= 11 is 10.5. The van der Waals surface area contributed by atoms with Crippen LogP contribution < -0.4 is 10.6 Å². The highest BCUT2D eigenvalue weighted by atomic mass is 79.9. The van der Waals surface area contributed by atoms with Crippen LogP contribution in [0.15, 0.2) is 46.3 Å². The minimum atomic E-state index is -4.51. The van der Waals surface area contributed by atoms with Gasteiger partial charge in [-0.1, -0.05) is 29.8 Å². The molecule has 0 spiro atoms. The van der Waals surface area contributed by atoms with E-state index in [0.717, 1.165) is 15.1 Å². The second kappa shape index (κ2) is 8.24. The first kappa shape index (κ1) is 21.2. The molecule has 2 N–H and O–H groups in total. The van der Waals surface area contributed by atoms with Crippen molar-refractivity contribution >= 4 is 50.6 Å². The quantitative estimate of drug-likeness (QED) is 0.448. The molecular formula is C19H15BrClF3N4OS. The first-order valence-electron chi connectivity index (χ1n) is 8.91. The van der Waals surface area contributed by atoms with Crippen LogP contribution in [0.2, 0.25) is 5.02 Å². The normalized spacial score (nSPS) is 18.6. The van der Waals surface area contributed by atoms with Crippen molar-refractivity contribution in [2.45, 2.75) is 31.2 Å². The number of benzene rings is 1. The van der Waals surface area contributed by atoms with Crippen molar-refractivity contribution in [3.63, 3.8) is 0 Å². The molecule has 2 atom stereocenters. The smallest absolute Gasteiger partial charge is 0.362 e. The number of carbonyl (C=O) groups excluding carboxylic acids is 1. The number of hydrogen-bond donors (Lipinski definition) is 2. The van der Waals surface area contributed by atoms with Crippen LogP contribution in [0.3, 0.4) is 0 Å². The number of thiophene rings is 1. The van der Waals surface area contributed by atoms with Crippen LogP contribution in [0, 0.1) is 0 Å². The van der Waals surface area contributed by atoms with E-state index in [4.69, 9.17) is 11.6 Å². The molecule has 1 amide bonds. The van der Waals surface area contributed by atoms with E-state index in [1.807, 2.05) is 5.38 Å². The lowest BCUT2D eigenvalue weighted by atomic mass is 10.0. The Morgan fingerprint density at radius 2 is 2.07 bits per heavy atom. The second-order valence-electron chi connectivity index (χ2n) is 6.77. The van der Waals surface area contributed by atoms with Crippen molar-refractivity contribution in [2.75, 3.05) is 5.32 Å². The molecule has 1 aliphatic heterocycles. The number of aromatic nitrogens is 2. The highest BCUT2D eigenvalue weighted by Crippen LogP contribution is 2.46. The molecule has 0 aliphatic carbocycles. The monoisotopic (exact) mass is 518 g/mol. The first-order chi connectivity index (χ1) is 14.2. The maximum absolute atomic E-state index is 13.8. The largest absolute Gasteiger partial charge is 0.410 e. The predicted molar refractivity (Wildman–Crippen MR) is 113 cm³/mol. The molecular weight excluding hydrogens is 505 g/mol. The number of amides is 1. The first-order valence-corrected chi connectivity index (χ1v) is 11.0. The third-order valence-electron chi connectivity index (χ3n) is 4.76. The fourth-order valence-corrected chi connectivity index (χ4v) is 4.75. The summed E-state index contributed by atoms with van der Waals surface area (Å²) in [5.74, 6) is -0.437. The zero-order valence-electron chi connectivity index (χ0n) is 15.2. The fraction of sp³-hybridized carbons (Fsp3) is 0.263. The third-order valence-corrected chi connectivity index (χ3v) is 6.75. The van der Waals surface area contributed by atoms with Gasteiger partial charge in [0, 0.05) is 22.9 Å². The molecule has 0 saturated heterocycles. The number of anilines is 1. The standard InChI is InChI=1S/C19H15BrClF3N4OS/c20-15-16(18(29)25-9-10-3-5-11(21)6-4-10)27-28-14(19(22,23)24)8-12(26-17(15)28)13-2-1-7-30-13/h1-7,12,14,26H,8-9H2,(H,25,29)/t12-,14-/m1/s1. The number of halogens is 5. The molecule has 11 heteroatoms. The molecule has 0 fully saturated rings. The van der Waals surface area contributed by atoms with Gasteiger partial charge in [-0.3, -0.25) is 4.79 Å². The lowest BCUT2D eigenvalue weighted by molar-refractivity contribution is -0.173. The lowest BCUT2D eigenvalue weighted by Gasteiger charge is -2.33. The summed E-state index contributed by atoms with van der Waals surface area (Å²) in [4.78, 5) is 13.4. The van der Waals surface area contributed by atoms with Crippen LogP contribution in [0.5, 0.6) is 0 Å². The van der Waals surface area contributed by atoms with Crippen LogP contribution in [-0.4, -0.2) is 21.9 Å². The molecule has 0 unspecified atom stereocenters. The topological polar surface area (TPSA) is 59.0 Å². The van der Waals surface area contributed by atoms with Crippen molar-refractivity contribution < 1.29 is 18.0 Å². The minimum Gasteiger partial charge on any atom is -0.362 e. The number of hydrogen-bond acceptors (Lipinski definition) is 4. The van der Waals surface area contributed by atoms with E-state index in [-0.39, 0.29) is 29.0 Å². The highest BCUT2D eigenvalue weighted by Gasteiger charge is 2.47. The summed E-state index contributed by atoms with van der Waals surface area (Å²) < 4.78 is 42.4. The molecule has 0 radical (unpaired) electrons. The Balaban J connectivity index is 1.61. The van der Waals surface area contributed by atoms with Gasteiger partial charge < -0.3 is 10.6 Å². The number of rotatable bonds is 4. The Hall–Kier alpha value is -2.04. The Morgan fingerprint density at radius 1 is 1.33 bits per heavy atom. The number of alkyl halides is 3. The van der Waals surface area contributed by atoms with Crippen molar-refractivity contribution in [2.24, 2.45) is 0 Å². The van der Waals surface area contributed by atoms with Crippen LogP contribution in [-0.2, 0) is 6.54 Å². The predicted octanol–water partition coefficient (Wildman–Crippen LogP) is 5.95. The van der Waals surface area contributed by atoms with Gasteiger partial charge >= 0.3 is 6.18 Å². The van der Waals surface area contributed by atoms with Gasteiger partial charge in [0.05, 0.1) is 10.5 Å². The zero-order chi connectivity index (χ0) is 21.5. The second-order valence-corrected chi connectivity index (χ2v) is 8.98. The van der Waals surface area contributed by atoms with Gasteiger partial charge in [-0.05, 0) is 45.1 Å². The Bertz CT molecular complexity index is 1050. The van der Waals surface area contributed by atoms with Crippen molar-refractivity contribution in [3.05, 3.63) is 67.4 Å². The summed E-state index contributed by atoms with van der Waals surface area (Å²) in [5, 5.41) is 12.2. The third kappa shape index (κ3) is 4.21. The van der Waals surface area contributed by atoms with Gasteiger partial charge in [0.15, 0.2) is 11.7 Å². The maximum Gasteiger partial charge on any atom is 0.410 e. The van der Waals surface area contributed by atoms with Gasteiger partial charge in [0.1, 0.15) is 5.82 Å². The molecule has 30 heavy (non-hydrogen) atoms. The van der Waals surface area contributed by atoms with Gasteiger partial charge in [0.25, 0.3) is 5.91 Å². The van der Waals surface area contributed by atoms with E-state index < -0.39 is 24.2 Å². The number of fused-ring (bicyclic) bond motifs is 1. The molecule has 3 heterocycles. The molecule has 1 aliphatic rings. The van der Waals surface area contributed by atoms with Crippen molar-refractivity contribution in [1.29, 1.82) is 0 Å². The number of carbonyl (C=O) groups is 1. The van der Waals surface area contributed by atoms with Gasteiger partial charge in [-0.25, -0.2) is 4.68 Å². The van der Waals surface area contributed by atoms with E-state index in [0.29, 0.717) is 5.02 Å².